The summed E-state index contributed by atoms with van der Waals surface area (Å²) in [7, 11) is 0. The van der Waals surface area contributed by atoms with Gasteiger partial charge in [-0.2, -0.15) is 0 Å². The van der Waals surface area contributed by atoms with Crippen LogP contribution in [0.2, 0.25) is 0 Å². The molecule has 2 nitrogen and oxygen atoms in total. The second-order valence-corrected chi connectivity index (χ2v) is 4.89. The van der Waals surface area contributed by atoms with E-state index in [9.17, 15) is 0 Å². The largest absolute Gasteiger partial charge is 0.513 e. The van der Waals surface area contributed by atoms with E-state index in [4.69, 9.17) is 5.11 Å². The van der Waals surface area contributed by atoms with Gasteiger partial charge in [0.1, 0.15) is 0 Å². The lowest BCUT2D eigenvalue weighted by atomic mass is 10.0. The Kier molecular flexibility index (Phi) is 4.00. The van der Waals surface area contributed by atoms with Crippen molar-refractivity contribution >= 4 is 0 Å². The van der Waals surface area contributed by atoms with Crippen molar-refractivity contribution in [3.8, 4) is 11.1 Å². The molecule has 0 unspecified atom stereocenters. The number of nitrogens with zero attached hydrogens (tertiary/aromatic N) is 1. The fourth-order valence-corrected chi connectivity index (χ4v) is 1.95. The van der Waals surface area contributed by atoms with Crippen LogP contribution in [0, 0.1) is 13.8 Å². The molecule has 1 aromatic carbocycles. The highest BCUT2D eigenvalue weighted by atomic mass is 16.3. The van der Waals surface area contributed by atoms with E-state index in [1.54, 1.807) is 0 Å². The van der Waals surface area contributed by atoms with Gasteiger partial charge in [-0.05, 0) is 43.0 Å². The van der Waals surface area contributed by atoms with Crippen molar-refractivity contribution in [2.45, 2.75) is 26.7 Å². The number of pyridine rings is 1. The molecule has 0 aliphatic heterocycles. The summed E-state index contributed by atoms with van der Waals surface area (Å²) in [6.45, 7) is 7.59. The summed E-state index contributed by atoms with van der Waals surface area (Å²) in [4.78, 5) is 4.39. The van der Waals surface area contributed by atoms with Gasteiger partial charge in [-0.15, -0.1) is 0 Å². The molecule has 0 amide bonds. The average Bonchev–Trinajstić information content (AvgIpc) is 2.40. The van der Waals surface area contributed by atoms with Crippen molar-refractivity contribution < 1.29 is 5.11 Å². The van der Waals surface area contributed by atoms with E-state index in [1.807, 2.05) is 13.1 Å². The van der Waals surface area contributed by atoms with E-state index in [-0.39, 0.29) is 5.76 Å². The maximum atomic E-state index is 9.10. The van der Waals surface area contributed by atoms with Gasteiger partial charge in [0.25, 0.3) is 0 Å². The fraction of sp³-hybridized carbons (Fsp3) is 0.235. The normalized spacial score (nSPS) is 10.4. The molecule has 2 heteroatoms. The average molecular weight is 253 g/mol. The molecule has 1 N–H and O–H groups in total. The van der Waals surface area contributed by atoms with Gasteiger partial charge in [0, 0.05) is 23.9 Å². The third-order valence-corrected chi connectivity index (χ3v) is 3.33. The van der Waals surface area contributed by atoms with Gasteiger partial charge < -0.3 is 5.11 Å². The first-order chi connectivity index (χ1) is 9.06. The van der Waals surface area contributed by atoms with Crippen molar-refractivity contribution in [2.75, 3.05) is 0 Å². The summed E-state index contributed by atoms with van der Waals surface area (Å²) in [6.07, 6.45) is 3.35. The monoisotopic (exact) mass is 253 g/mol. The lowest BCUT2D eigenvalue weighted by Gasteiger charge is -2.06. The van der Waals surface area contributed by atoms with E-state index >= 15 is 0 Å². The Morgan fingerprint density at radius 2 is 1.84 bits per heavy atom. The molecule has 0 radical (unpaired) electrons. The van der Waals surface area contributed by atoms with Gasteiger partial charge in [0.05, 0.1) is 5.76 Å². The summed E-state index contributed by atoms with van der Waals surface area (Å²) in [5.74, 6) is 0.238. The Morgan fingerprint density at radius 1 is 1.16 bits per heavy atom. The van der Waals surface area contributed by atoms with Crippen LogP contribution in [0.1, 0.15) is 23.2 Å². The fourth-order valence-electron chi connectivity index (χ4n) is 1.95. The van der Waals surface area contributed by atoms with E-state index < -0.39 is 0 Å². The Morgan fingerprint density at radius 3 is 2.42 bits per heavy atom. The predicted molar refractivity (Wildman–Crippen MR) is 79.2 cm³/mol. The van der Waals surface area contributed by atoms with Crippen LogP contribution in [0.4, 0.5) is 0 Å². The van der Waals surface area contributed by atoms with Crippen LogP contribution in [0.15, 0.2) is 48.9 Å². The third-order valence-electron chi connectivity index (χ3n) is 3.33. The molecule has 0 spiro atoms. The highest BCUT2D eigenvalue weighted by Crippen LogP contribution is 2.21. The lowest BCUT2D eigenvalue weighted by molar-refractivity contribution is 0.391. The van der Waals surface area contributed by atoms with E-state index in [2.05, 4.69) is 48.8 Å². The van der Waals surface area contributed by atoms with E-state index in [1.165, 1.54) is 16.7 Å². The molecule has 98 valence electrons. The lowest BCUT2D eigenvalue weighted by Crippen LogP contribution is -1.90. The van der Waals surface area contributed by atoms with Crippen molar-refractivity contribution in [2.24, 2.45) is 0 Å². The molecule has 0 fully saturated rings. The van der Waals surface area contributed by atoms with Crippen molar-refractivity contribution in [3.05, 3.63) is 65.7 Å². The molecule has 1 aromatic heterocycles. The van der Waals surface area contributed by atoms with Crippen LogP contribution >= 0.6 is 0 Å². The molecule has 0 bridgehead atoms. The number of allylic oxidation sites excluding steroid dienone is 1. The molecule has 0 saturated carbocycles. The maximum Gasteiger partial charge on any atom is 0.0854 e. The van der Waals surface area contributed by atoms with Crippen LogP contribution in [0.5, 0.6) is 0 Å². The molecule has 19 heavy (non-hydrogen) atoms. The summed E-state index contributed by atoms with van der Waals surface area (Å²) in [6, 6.07) is 10.5. The molecular weight excluding hydrogens is 234 g/mol. The first-order valence-electron chi connectivity index (χ1n) is 6.45. The number of aryl methyl sites for hydroxylation is 3. The predicted octanol–water partition coefficient (Wildman–Crippen LogP) is 4.37. The highest BCUT2D eigenvalue weighted by Gasteiger charge is 2.01. The SMILES string of the molecule is C=C(O)CCc1ccc(-c2cnc(C)c(C)c2)cc1. The zero-order valence-electron chi connectivity index (χ0n) is 11.5. The van der Waals surface area contributed by atoms with Crippen LogP contribution in [0.3, 0.4) is 0 Å². The molecule has 0 saturated heterocycles. The first-order valence-corrected chi connectivity index (χ1v) is 6.45. The highest BCUT2D eigenvalue weighted by molar-refractivity contribution is 5.63. The first kappa shape index (κ1) is 13.3. The van der Waals surface area contributed by atoms with Crippen molar-refractivity contribution in [1.82, 2.24) is 4.98 Å². The maximum absolute atomic E-state index is 9.10. The minimum atomic E-state index is 0.238. The summed E-state index contributed by atoms with van der Waals surface area (Å²) < 4.78 is 0. The number of aromatic nitrogens is 1. The number of aliphatic hydroxyl groups is 1. The zero-order chi connectivity index (χ0) is 13.8. The van der Waals surface area contributed by atoms with Gasteiger partial charge in [0.15, 0.2) is 0 Å². The van der Waals surface area contributed by atoms with E-state index in [0.29, 0.717) is 6.42 Å². The number of hydrogen-bond acceptors (Lipinski definition) is 2. The van der Waals surface area contributed by atoms with Gasteiger partial charge in [-0.1, -0.05) is 30.8 Å². The second-order valence-electron chi connectivity index (χ2n) is 4.89. The molecular formula is C17H19NO. The molecule has 2 rings (SSSR count). The third kappa shape index (κ3) is 3.44. The summed E-state index contributed by atoms with van der Waals surface area (Å²) in [5, 5.41) is 9.10. The molecule has 0 aliphatic rings. The Hall–Kier alpha value is -2.09. The Labute approximate surface area is 114 Å². The van der Waals surface area contributed by atoms with Crippen molar-refractivity contribution in [3.63, 3.8) is 0 Å². The van der Waals surface area contributed by atoms with Crippen LogP contribution < -0.4 is 0 Å². The van der Waals surface area contributed by atoms with Gasteiger partial charge >= 0.3 is 0 Å². The molecule has 0 aliphatic carbocycles. The standard InChI is InChI=1S/C17H19NO/c1-12-10-17(11-18-14(12)3)16-8-6-15(7-9-16)5-4-13(2)19/h6-11,19H,2,4-5H2,1,3H3. The Bertz CT molecular complexity index is 585. The minimum absolute atomic E-state index is 0.238. The topological polar surface area (TPSA) is 33.1 Å². The molecule has 2 aromatic rings. The van der Waals surface area contributed by atoms with Gasteiger partial charge in [-0.3, -0.25) is 4.98 Å². The zero-order valence-corrected chi connectivity index (χ0v) is 11.5. The Balaban J connectivity index is 2.17. The second kappa shape index (κ2) is 5.70. The number of aliphatic hydroxyl groups excluding tert-OH is 1. The molecule has 1 heterocycles. The van der Waals surface area contributed by atoms with E-state index in [0.717, 1.165) is 17.7 Å². The van der Waals surface area contributed by atoms with Gasteiger partial charge in [-0.25, -0.2) is 0 Å². The van der Waals surface area contributed by atoms with Crippen molar-refractivity contribution in [1.29, 1.82) is 0 Å². The van der Waals surface area contributed by atoms with Gasteiger partial charge in [0.2, 0.25) is 0 Å². The van der Waals surface area contributed by atoms with Crippen LogP contribution in [-0.2, 0) is 6.42 Å². The summed E-state index contributed by atoms with van der Waals surface area (Å²) >= 11 is 0. The minimum Gasteiger partial charge on any atom is -0.513 e. The smallest absolute Gasteiger partial charge is 0.0854 e. The number of benzene rings is 1. The quantitative estimate of drug-likeness (QED) is 0.821. The number of hydrogen-bond donors (Lipinski definition) is 1. The van der Waals surface area contributed by atoms with Crippen LogP contribution in [-0.4, -0.2) is 10.1 Å². The molecule has 0 atom stereocenters. The summed E-state index contributed by atoms with van der Waals surface area (Å²) in [5.41, 5.74) is 5.79. The number of rotatable bonds is 4. The van der Waals surface area contributed by atoms with Crippen LogP contribution in [0.25, 0.3) is 11.1 Å².